The first-order valence-electron chi connectivity index (χ1n) is 10.4. The standard InChI is InChI=1S/C24H37NO2/c1-21(2,3)27-20(26)16-24(25(7)17-18-11-9-8-10-12-18)22(4,5)19-13-14-23(24,6)15-19/h8-12,19H,13-17H2,1-7H3/t19-,23-,24-/m0/s1. The average molecular weight is 372 g/mol. The third-order valence-electron chi connectivity index (χ3n) is 7.56. The summed E-state index contributed by atoms with van der Waals surface area (Å²) in [6.07, 6.45) is 4.15. The zero-order chi connectivity index (χ0) is 20.1. The van der Waals surface area contributed by atoms with Crippen LogP contribution in [0.3, 0.4) is 0 Å². The molecular formula is C24H37NO2. The maximum Gasteiger partial charge on any atom is 0.308 e. The van der Waals surface area contributed by atoms with Crippen LogP contribution in [0.25, 0.3) is 0 Å². The van der Waals surface area contributed by atoms with Crippen LogP contribution >= 0.6 is 0 Å². The van der Waals surface area contributed by atoms with Crippen molar-refractivity contribution < 1.29 is 9.53 Å². The summed E-state index contributed by atoms with van der Waals surface area (Å²) in [6.45, 7) is 13.9. The van der Waals surface area contributed by atoms with Gasteiger partial charge < -0.3 is 4.74 Å². The van der Waals surface area contributed by atoms with Crippen LogP contribution in [0.5, 0.6) is 0 Å². The number of rotatable bonds is 5. The number of hydrogen-bond donors (Lipinski definition) is 0. The van der Waals surface area contributed by atoms with Crippen molar-refractivity contribution >= 4 is 5.97 Å². The number of carbonyl (C=O) groups excluding carboxylic acids is 1. The molecule has 1 aromatic rings. The van der Waals surface area contributed by atoms with E-state index in [0.29, 0.717) is 12.3 Å². The summed E-state index contributed by atoms with van der Waals surface area (Å²) in [5.74, 6) is 0.604. The van der Waals surface area contributed by atoms with Crippen LogP contribution in [0.4, 0.5) is 0 Å². The molecule has 2 aliphatic carbocycles. The lowest BCUT2D eigenvalue weighted by molar-refractivity contribution is -0.168. The zero-order valence-electron chi connectivity index (χ0n) is 18.3. The molecule has 3 atom stereocenters. The number of benzene rings is 1. The first kappa shape index (κ1) is 20.4. The van der Waals surface area contributed by atoms with Gasteiger partial charge in [-0.2, -0.15) is 0 Å². The summed E-state index contributed by atoms with van der Waals surface area (Å²) in [6, 6.07) is 10.6. The SMILES string of the molecule is CN(Cc1ccccc1)[C@@]1(CC(=O)OC(C)(C)C)C(C)(C)[C@H]2CC[C@@]1(C)C2. The molecule has 27 heavy (non-hydrogen) atoms. The maximum atomic E-state index is 13.0. The fourth-order valence-corrected chi connectivity index (χ4v) is 6.46. The Morgan fingerprint density at radius 3 is 2.33 bits per heavy atom. The third-order valence-corrected chi connectivity index (χ3v) is 7.56. The fraction of sp³-hybridized carbons (Fsp3) is 0.708. The van der Waals surface area contributed by atoms with Crippen LogP contribution in [-0.4, -0.2) is 29.1 Å². The molecule has 3 heteroatoms. The number of ether oxygens (including phenoxy) is 1. The maximum absolute atomic E-state index is 13.0. The molecule has 0 aromatic heterocycles. The summed E-state index contributed by atoms with van der Waals surface area (Å²) >= 11 is 0. The Morgan fingerprint density at radius 2 is 1.81 bits per heavy atom. The Hall–Kier alpha value is -1.35. The molecule has 2 fully saturated rings. The predicted molar refractivity (Wildman–Crippen MR) is 110 cm³/mol. The largest absolute Gasteiger partial charge is 0.460 e. The van der Waals surface area contributed by atoms with Crippen molar-refractivity contribution in [1.29, 1.82) is 0 Å². The lowest BCUT2D eigenvalue weighted by atomic mass is 9.56. The molecule has 0 N–H and O–H groups in total. The predicted octanol–water partition coefficient (Wildman–Crippen LogP) is 5.44. The molecule has 0 spiro atoms. The topological polar surface area (TPSA) is 29.5 Å². The molecule has 2 aliphatic rings. The van der Waals surface area contributed by atoms with Gasteiger partial charge in [-0.05, 0) is 69.4 Å². The molecule has 0 aliphatic heterocycles. The van der Waals surface area contributed by atoms with E-state index in [1.165, 1.54) is 24.8 Å². The Bertz CT molecular complexity index is 683. The van der Waals surface area contributed by atoms with Gasteiger partial charge in [0.1, 0.15) is 5.60 Å². The highest BCUT2D eigenvalue weighted by Crippen LogP contribution is 2.71. The first-order valence-corrected chi connectivity index (χ1v) is 10.4. The molecular weight excluding hydrogens is 334 g/mol. The number of fused-ring (bicyclic) bond motifs is 2. The van der Waals surface area contributed by atoms with E-state index in [4.69, 9.17) is 4.74 Å². The van der Waals surface area contributed by atoms with Crippen molar-refractivity contribution in [1.82, 2.24) is 4.90 Å². The van der Waals surface area contributed by atoms with Crippen LogP contribution < -0.4 is 0 Å². The molecule has 3 nitrogen and oxygen atoms in total. The molecule has 0 unspecified atom stereocenters. The van der Waals surface area contributed by atoms with E-state index in [1.807, 2.05) is 20.8 Å². The highest BCUT2D eigenvalue weighted by molar-refractivity contribution is 5.72. The second-order valence-corrected chi connectivity index (χ2v) is 10.7. The molecule has 2 saturated carbocycles. The van der Waals surface area contributed by atoms with Crippen molar-refractivity contribution in [3.63, 3.8) is 0 Å². The van der Waals surface area contributed by atoms with Gasteiger partial charge in [0.05, 0.1) is 6.42 Å². The summed E-state index contributed by atoms with van der Waals surface area (Å²) in [7, 11) is 2.21. The minimum Gasteiger partial charge on any atom is -0.460 e. The van der Waals surface area contributed by atoms with Crippen molar-refractivity contribution in [2.75, 3.05) is 7.05 Å². The Kier molecular flexibility index (Phi) is 5.00. The van der Waals surface area contributed by atoms with Crippen molar-refractivity contribution in [3.05, 3.63) is 35.9 Å². The smallest absolute Gasteiger partial charge is 0.308 e. The second-order valence-electron chi connectivity index (χ2n) is 10.7. The van der Waals surface area contributed by atoms with Crippen LogP contribution in [0.15, 0.2) is 30.3 Å². The second kappa shape index (κ2) is 6.62. The van der Waals surface area contributed by atoms with Crippen LogP contribution in [0.2, 0.25) is 0 Å². The van der Waals surface area contributed by atoms with Gasteiger partial charge in [0, 0.05) is 12.1 Å². The minimum absolute atomic E-state index is 0.0655. The first-order chi connectivity index (χ1) is 12.4. The quantitative estimate of drug-likeness (QED) is 0.646. The molecule has 2 bridgehead atoms. The van der Waals surface area contributed by atoms with Crippen molar-refractivity contribution in [2.24, 2.45) is 16.7 Å². The van der Waals surface area contributed by atoms with E-state index in [2.05, 4.69) is 63.1 Å². The Balaban J connectivity index is 1.98. The van der Waals surface area contributed by atoms with E-state index in [-0.39, 0.29) is 22.3 Å². The van der Waals surface area contributed by atoms with Gasteiger partial charge in [-0.25, -0.2) is 0 Å². The van der Waals surface area contributed by atoms with Crippen LogP contribution in [0.1, 0.15) is 72.8 Å². The van der Waals surface area contributed by atoms with Gasteiger partial charge in [-0.3, -0.25) is 9.69 Å². The monoisotopic (exact) mass is 371 g/mol. The summed E-state index contributed by atoms with van der Waals surface area (Å²) in [4.78, 5) is 15.5. The van der Waals surface area contributed by atoms with Crippen LogP contribution in [-0.2, 0) is 16.1 Å². The normalized spacial score (nSPS) is 32.1. The average Bonchev–Trinajstić information content (AvgIpc) is 3.01. The molecule has 150 valence electrons. The van der Waals surface area contributed by atoms with Crippen LogP contribution in [0, 0.1) is 16.7 Å². The van der Waals surface area contributed by atoms with Gasteiger partial charge in [-0.15, -0.1) is 0 Å². The van der Waals surface area contributed by atoms with Gasteiger partial charge in [0.2, 0.25) is 0 Å². The number of hydrogen-bond acceptors (Lipinski definition) is 3. The third kappa shape index (κ3) is 3.33. The lowest BCUT2D eigenvalue weighted by Crippen LogP contribution is -2.64. The van der Waals surface area contributed by atoms with Gasteiger partial charge >= 0.3 is 5.97 Å². The van der Waals surface area contributed by atoms with E-state index >= 15 is 0 Å². The number of esters is 1. The Labute approximate surface area is 165 Å². The minimum atomic E-state index is -0.445. The van der Waals surface area contributed by atoms with Crippen molar-refractivity contribution in [2.45, 2.75) is 84.9 Å². The van der Waals surface area contributed by atoms with Gasteiger partial charge in [0.25, 0.3) is 0 Å². The summed E-state index contributed by atoms with van der Waals surface area (Å²) in [5, 5.41) is 0. The van der Waals surface area contributed by atoms with Crippen molar-refractivity contribution in [3.8, 4) is 0 Å². The molecule has 0 heterocycles. The number of nitrogens with zero attached hydrogens (tertiary/aromatic N) is 1. The summed E-state index contributed by atoms with van der Waals surface area (Å²) in [5.41, 5.74) is 0.868. The van der Waals surface area contributed by atoms with E-state index in [0.717, 1.165) is 6.54 Å². The fourth-order valence-electron chi connectivity index (χ4n) is 6.46. The van der Waals surface area contributed by atoms with Gasteiger partial charge in [-0.1, -0.05) is 51.1 Å². The number of carbonyl (C=O) groups is 1. The molecule has 0 saturated heterocycles. The molecule has 0 radical (unpaired) electrons. The Morgan fingerprint density at radius 1 is 1.19 bits per heavy atom. The highest BCUT2D eigenvalue weighted by atomic mass is 16.6. The molecule has 3 rings (SSSR count). The van der Waals surface area contributed by atoms with Gasteiger partial charge in [0.15, 0.2) is 0 Å². The van der Waals surface area contributed by atoms with E-state index in [1.54, 1.807) is 0 Å². The summed E-state index contributed by atoms with van der Waals surface area (Å²) < 4.78 is 5.81. The van der Waals surface area contributed by atoms with E-state index < -0.39 is 5.60 Å². The zero-order valence-corrected chi connectivity index (χ0v) is 18.3. The lowest BCUT2D eigenvalue weighted by Gasteiger charge is -2.59. The molecule has 0 amide bonds. The highest BCUT2D eigenvalue weighted by Gasteiger charge is 2.70. The van der Waals surface area contributed by atoms with E-state index in [9.17, 15) is 4.79 Å². The molecule has 1 aromatic carbocycles.